The van der Waals surface area contributed by atoms with E-state index in [9.17, 15) is 12.8 Å². The highest BCUT2D eigenvalue weighted by Gasteiger charge is 2.32. The summed E-state index contributed by atoms with van der Waals surface area (Å²) in [4.78, 5) is 1.58. The molecule has 2 aromatic rings. The largest absolute Gasteiger partial charge is 0.488 e. The monoisotopic (exact) mass is 403 g/mol. The van der Waals surface area contributed by atoms with Crippen LogP contribution in [0.4, 0.5) is 10.1 Å². The highest BCUT2D eigenvalue weighted by molar-refractivity contribution is 7.92. The second-order valence-corrected chi connectivity index (χ2v) is 8.42. The smallest absolute Gasteiger partial charge is 0.203 e. The normalized spacial score (nSPS) is 17.5. The van der Waals surface area contributed by atoms with Crippen LogP contribution in [0, 0.1) is 5.82 Å². The molecule has 0 amide bonds. The van der Waals surface area contributed by atoms with Gasteiger partial charge in [-0.05, 0) is 43.3 Å². The molecule has 7 heteroatoms. The van der Waals surface area contributed by atoms with E-state index in [2.05, 4.69) is 0 Å². The number of hydrogen-bond donors (Lipinski definition) is 0. The van der Waals surface area contributed by atoms with E-state index in [1.807, 2.05) is 6.92 Å². The van der Waals surface area contributed by atoms with Gasteiger partial charge in [-0.3, -0.25) is 0 Å². The van der Waals surface area contributed by atoms with E-state index in [0.717, 1.165) is 0 Å². The van der Waals surface area contributed by atoms with Gasteiger partial charge in [-0.2, -0.15) is 0 Å². The lowest BCUT2D eigenvalue weighted by molar-refractivity contribution is 0.0919. The van der Waals surface area contributed by atoms with Gasteiger partial charge in [-0.15, -0.1) is 0 Å². The molecule has 0 fully saturated rings. The Labute approximate surface area is 164 Å². The molecule has 5 nitrogen and oxygen atoms in total. The summed E-state index contributed by atoms with van der Waals surface area (Å²) in [5.74, 6) is -0.222. The van der Waals surface area contributed by atoms with E-state index < -0.39 is 21.0 Å². The van der Waals surface area contributed by atoms with Crippen molar-refractivity contribution < 1.29 is 22.3 Å². The number of methoxy groups -OCH3 is 1. The summed E-state index contributed by atoms with van der Waals surface area (Å²) in [6.07, 6.45) is 6.16. The molecule has 2 aromatic carbocycles. The summed E-state index contributed by atoms with van der Waals surface area (Å²) in [7, 11) is -2.18. The third kappa shape index (κ3) is 4.26. The van der Waals surface area contributed by atoms with Gasteiger partial charge < -0.3 is 14.4 Å². The summed E-state index contributed by atoms with van der Waals surface area (Å²) < 4.78 is 51.6. The highest BCUT2D eigenvalue weighted by atomic mass is 32.2. The van der Waals surface area contributed by atoms with Gasteiger partial charge in [0.15, 0.2) is 11.2 Å². The zero-order valence-electron chi connectivity index (χ0n) is 15.7. The number of hydrogen-bond acceptors (Lipinski definition) is 5. The average Bonchev–Trinajstić information content (AvgIpc) is 2.69. The first-order chi connectivity index (χ1) is 13.4. The Morgan fingerprint density at radius 2 is 1.89 bits per heavy atom. The van der Waals surface area contributed by atoms with Crippen molar-refractivity contribution in [3.8, 4) is 5.75 Å². The minimum absolute atomic E-state index is 0.150. The molecule has 3 rings (SSSR count). The first-order valence-corrected chi connectivity index (χ1v) is 10.4. The van der Waals surface area contributed by atoms with Crippen LogP contribution >= 0.6 is 0 Å². The molecular formula is C21H22FNO4S. The van der Waals surface area contributed by atoms with Crippen molar-refractivity contribution >= 4 is 15.5 Å². The Balaban J connectivity index is 1.91. The van der Waals surface area contributed by atoms with E-state index in [0.29, 0.717) is 12.4 Å². The Morgan fingerprint density at radius 3 is 2.57 bits per heavy atom. The maximum Gasteiger partial charge on any atom is 0.203 e. The van der Waals surface area contributed by atoms with Crippen LogP contribution in [0.1, 0.15) is 6.92 Å². The van der Waals surface area contributed by atoms with E-state index in [1.165, 1.54) is 35.2 Å². The number of allylic oxidation sites excluding steroid dienone is 2. The Bertz CT molecular complexity index is 973. The molecule has 148 valence electrons. The van der Waals surface area contributed by atoms with Crippen molar-refractivity contribution in [3.63, 3.8) is 0 Å². The molecule has 0 bridgehead atoms. The maximum atomic E-state index is 14.8. The highest BCUT2D eigenvalue weighted by Crippen LogP contribution is 2.31. The number of nitrogens with zero attached hydrogens (tertiary/aromatic N) is 1. The molecule has 1 aliphatic rings. The van der Waals surface area contributed by atoms with Crippen molar-refractivity contribution in [1.82, 2.24) is 0 Å². The third-order valence-corrected chi connectivity index (χ3v) is 6.18. The fourth-order valence-electron chi connectivity index (χ4n) is 2.97. The maximum absolute atomic E-state index is 14.8. The molecule has 0 spiro atoms. The first-order valence-electron chi connectivity index (χ1n) is 8.81. The van der Waals surface area contributed by atoms with Gasteiger partial charge in [-0.25, -0.2) is 12.8 Å². The van der Waals surface area contributed by atoms with Crippen LogP contribution < -0.4 is 9.64 Å². The summed E-state index contributed by atoms with van der Waals surface area (Å²) in [5.41, 5.74) is 0.150. The molecule has 0 aliphatic carbocycles. The molecule has 0 radical (unpaired) electrons. The third-order valence-electron chi connectivity index (χ3n) is 4.23. The second kappa shape index (κ2) is 8.58. The van der Waals surface area contributed by atoms with Gasteiger partial charge in [0.25, 0.3) is 0 Å². The summed E-state index contributed by atoms with van der Waals surface area (Å²) in [6, 6.07) is 12.5. The van der Waals surface area contributed by atoms with Crippen LogP contribution in [-0.4, -0.2) is 33.6 Å². The molecule has 0 N–H and O–H groups in total. The molecule has 0 aromatic heterocycles. The first kappa shape index (κ1) is 20.1. The number of ether oxygens (including phenoxy) is 2. The van der Waals surface area contributed by atoms with Gasteiger partial charge >= 0.3 is 0 Å². The van der Waals surface area contributed by atoms with E-state index in [4.69, 9.17) is 9.47 Å². The van der Waals surface area contributed by atoms with Crippen LogP contribution in [-0.2, 0) is 14.6 Å². The van der Waals surface area contributed by atoms with E-state index in [1.54, 1.807) is 49.7 Å². The van der Waals surface area contributed by atoms with Crippen molar-refractivity contribution in [1.29, 1.82) is 0 Å². The molecule has 1 heterocycles. The number of halogens is 1. The number of rotatable bonds is 7. The molecular weight excluding hydrogens is 381 g/mol. The zero-order chi connectivity index (χ0) is 20.1. The molecule has 1 aliphatic heterocycles. The lowest BCUT2D eigenvalue weighted by Gasteiger charge is -2.30. The van der Waals surface area contributed by atoms with Crippen molar-refractivity contribution in [2.75, 3.05) is 18.6 Å². The van der Waals surface area contributed by atoms with Gasteiger partial charge in [-0.1, -0.05) is 24.3 Å². The second-order valence-electron chi connectivity index (χ2n) is 6.38. The van der Waals surface area contributed by atoms with Gasteiger partial charge in [0.2, 0.25) is 9.84 Å². The summed E-state index contributed by atoms with van der Waals surface area (Å²) in [6.45, 7) is 2.19. The summed E-state index contributed by atoms with van der Waals surface area (Å²) >= 11 is 0. The molecule has 0 saturated carbocycles. The fraction of sp³-hybridized carbons (Fsp3) is 0.238. The minimum Gasteiger partial charge on any atom is -0.488 e. The van der Waals surface area contributed by atoms with Crippen molar-refractivity contribution in [3.05, 3.63) is 78.8 Å². The fourth-order valence-corrected chi connectivity index (χ4v) is 4.57. The van der Waals surface area contributed by atoms with Crippen LogP contribution in [0.25, 0.3) is 0 Å². The van der Waals surface area contributed by atoms with Gasteiger partial charge in [0.05, 0.1) is 17.2 Å². The Kier molecular flexibility index (Phi) is 6.16. The minimum atomic E-state index is -3.74. The molecule has 2 unspecified atom stereocenters. The van der Waals surface area contributed by atoms with Crippen LogP contribution in [0.3, 0.4) is 0 Å². The standard InChI is InChI=1S/C21H22FNO4S/c1-16(15-26-2)27-17-11-12-20(19(22)14-17)23-13-7-6-10-21(23)28(24,25)18-8-4-3-5-9-18/h3-14,16,21H,15H2,1-2H3. The molecule has 28 heavy (non-hydrogen) atoms. The predicted octanol–water partition coefficient (Wildman–Crippen LogP) is 3.93. The predicted molar refractivity (Wildman–Crippen MR) is 107 cm³/mol. The van der Waals surface area contributed by atoms with Crippen LogP contribution in [0.15, 0.2) is 77.9 Å². The topological polar surface area (TPSA) is 55.8 Å². The lowest BCUT2D eigenvalue weighted by atomic mass is 10.2. The zero-order valence-corrected chi connectivity index (χ0v) is 16.5. The lowest BCUT2D eigenvalue weighted by Crippen LogP contribution is -2.38. The van der Waals surface area contributed by atoms with Gasteiger partial charge in [0, 0.05) is 19.4 Å². The number of anilines is 1. The Morgan fingerprint density at radius 1 is 1.14 bits per heavy atom. The van der Waals surface area contributed by atoms with Crippen LogP contribution in [0.5, 0.6) is 5.75 Å². The molecule has 0 saturated heterocycles. The quantitative estimate of drug-likeness (QED) is 0.701. The average molecular weight is 403 g/mol. The van der Waals surface area contributed by atoms with Crippen molar-refractivity contribution in [2.45, 2.75) is 23.3 Å². The SMILES string of the molecule is COCC(C)Oc1ccc(N2C=CC=CC2S(=O)(=O)c2ccccc2)c(F)c1. The van der Waals surface area contributed by atoms with E-state index in [-0.39, 0.29) is 16.7 Å². The number of benzene rings is 2. The Hall–Kier alpha value is -2.64. The van der Waals surface area contributed by atoms with Crippen molar-refractivity contribution in [2.24, 2.45) is 0 Å². The van der Waals surface area contributed by atoms with E-state index >= 15 is 0 Å². The molecule has 2 atom stereocenters. The number of sulfone groups is 1. The summed E-state index contributed by atoms with van der Waals surface area (Å²) in [5, 5.41) is -1.05. The van der Waals surface area contributed by atoms with Gasteiger partial charge in [0.1, 0.15) is 11.9 Å². The van der Waals surface area contributed by atoms with Crippen LogP contribution in [0.2, 0.25) is 0 Å².